The molecule has 112 valence electrons. The van der Waals surface area contributed by atoms with Crippen molar-refractivity contribution in [2.45, 2.75) is 10.8 Å². The van der Waals surface area contributed by atoms with Crippen molar-refractivity contribution in [1.29, 1.82) is 0 Å². The van der Waals surface area contributed by atoms with E-state index in [1.807, 2.05) is 0 Å². The van der Waals surface area contributed by atoms with Crippen molar-refractivity contribution in [1.82, 2.24) is 4.72 Å². The van der Waals surface area contributed by atoms with Gasteiger partial charge in [0.15, 0.2) is 4.34 Å². The summed E-state index contributed by atoms with van der Waals surface area (Å²) in [6.45, 7) is 0.0475. The van der Waals surface area contributed by atoms with Gasteiger partial charge in [0.05, 0.1) is 4.92 Å². The zero-order valence-corrected chi connectivity index (χ0v) is 12.8. The van der Waals surface area contributed by atoms with Crippen molar-refractivity contribution in [3.8, 4) is 0 Å². The number of nitrogen functional groups attached to an aromatic ring is 1. The first-order valence-corrected chi connectivity index (χ1v) is 8.25. The third-order valence-corrected chi connectivity index (χ3v) is 5.77. The zero-order valence-electron chi connectivity index (χ0n) is 10.4. The summed E-state index contributed by atoms with van der Waals surface area (Å²) in [4.78, 5) is 9.95. The maximum Gasteiger partial charge on any atom is 0.300 e. The lowest BCUT2D eigenvalue weighted by molar-refractivity contribution is -0.384. The molecule has 3 N–H and O–H groups in total. The molecule has 0 radical (unpaired) electrons. The number of nitrogens with one attached hydrogen (secondary N) is 1. The van der Waals surface area contributed by atoms with E-state index in [0.717, 1.165) is 6.07 Å². The summed E-state index contributed by atoms with van der Waals surface area (Å²) in [7, 11) is -3.86. The minimum absolute atomic E-state index is 0.0475. The highest BCUT2D eigenvalue weighted by Gasteiger charge is 2.24. The number of nitrogens with two attached hydrogens (primary N) is 1. The van der Waals surface area contributed by atoms with Crippen LogP contribution in [0.5, 0.6) is 0 Å². The molecule has 0 atom stereocenters. The second-order valence-corrected chi connectivity index (χ2v) is 7.70. The first-order chi connectivity index (χ1) is 9.79. The van der Waals surface area contributed by atoms with Gasteiger partial charge in [-0.25, -0.2) is 13.1 Å². The summed E-state index contributed by atoms with van der Waals surface area (Å²) in [5.41, 5.74) is 6.39. The van der Waals surface area contributed by atoms with Gasteiger partial charge in [-0.3, -0.25) is 10.1 Å². The van der Waals surface area contributed by atoms with Crippen LogP contribution >= 0.6 is 22.9 Å². The van der Waals surface area contributed by atoms with Crippen LogP contribution in [0, 0.1) is 10.1 Å². The van der Waals surface area contributed by atoms with E-state index in [1.54, 1.807) is 24.3 Å². The molecule has 10 heteroatoms. The summed E-state index contributed by atoms with van der Waals surface area (Å²) in [6.07, 6.45) is 0. The lowest BCUT2D eigenvalue weighted by atomic mass is 10.2. The smallest absolute Gasteiger partial charge is 0.300 e. The molecule has 1 aromatic carbocycles. The molecule has 0 aliphatic carbocycles. The molecule has 0 amide bonds. The van der Waals surface area contributed by atoms with E-state index >= 15 is 0 Å². The zero-order chi connectivity index (χ0) is 15.6. The highest BCUT2D eigenvalue weighted by Crippen LogP contribution is 2.36. The van der Waals surface area contributed by atoms with E-state index in [2.05, 4.69) is 4.72 Å². The van der Waals surface area contributed by atoms with Crippen LogP contribution in [0.1, 0.15) is 5.56 Å². The number of halogens is 1. The highest BCUT2D eigenvalue weighted by molar-refractivity contribution is 7.91. The van der Waals surface area contributed by atoms with Gasteiger partial charge in [0.2, 0.25) is 0 Å². The van der Waals surface area contributed by atoms with Crippen molar-refractivity contribution in [3.05, 3.63) is 50.3 Å². The predicted octanol–water partition coefficient (Wildman–Crippen LogP) is 2.37. The van der Waals surface area contributed by atoms with Gasteiger partial charge in [-0.15, -0.1) is 11.3 Å². The van der Waals surface area contributed by atoms with Crippen LogP contribution in [0.2, 0.25) is 4.34 Å². The maximum absolute atomic E-state index is 12.1. The number of nitro groups is 1. The molecule has 0 saturated carbocycles. The minimum Gasteiger partial charge on any atom is -0.399 e. The third kappa shape index (κ3) is 3.70. The van der Waals surface area contributed by atoms with Crippen LogP contribution in [0.4, 0.5) is 11.4 Å². The molecular weight excluding hydrogens is 338 g/mol. The Morgan fingerprint density at radius 3 is 2.48 bits per heavy atom. The SMILES string of the molecule is Nc1ccc(CNS(=O)(=O)c2cc([N+](=O)[O-])c(Cl)s2)cc1. The molecule has 0 saturated heterocycles. The number of sulfonamides is 1. The van der Waals surface area contributed by atoms with E-state index in [0.29, 0.717) is 22.6 Å². The molecule has 1 aromatic heterocycles. The largest absolute Gasteiger partial charge is 0.399 e. The Morgan fingerprint density at radius 2 is 1.95 bits per heavy atom. The molecule has 2 aromatic rings. The van der Waals surface area contributed by atoms with E-state index in [-0.39, 0.29) is 15.1 Å². The molecule has 2 rings (SSSR count). The average Bonchev–Trinajstić information content (AvgIpc) is 2.81. The van der Waals surface area contributed by atoms with Crippen LogP contribution in [-0.4, -0.2) is 13.3 Å². The first kappa shape index (κ1) is 15.7. The van der Waals surface area contributed by atoms with Crippen molar-refractivity contribution in [2.24, 2.45) is 0 Å². The number of hydrogen-bond donors (Lipinski definition) is 2. The Hall–Kier alpha value is -1.68. The fourth-order valence-corrected chi connectivity index (χ4v) is 4.21. The summed E-state index contributed by atoms with van der Waals surface area (Å²) in [6, 6.07) is 7.61. The molecule has 0 spiro atoms. The summed E-state index contributed by atoms with van der Waals surface area (Å²) >= 11 is 6.29. The Bertz CT molecular complexity index is 771. The Morgan fingerprint density at radius 1 is 1.33 bits per heavy atom. The van der Waals surface area contributed by atoms with Gasteiger partial charge in [0.25, 0.3) is 15.7 Å². The van der Waals surface area contributed by atoms with Crippen LogP contribution in [-0.2, 0) is 16.6 Å². The number of hydrogen-bond acceptors (Lipinski definition) is 6. The normalized spacial score (nSPS) is 11.5. The molecular formula is C11H10ClN3O4S2. The average molecular weight is 348 g/mol. The predicted molar refractivity (Wildman–Crippen MR) is 80.9 cm³/mol. The van der Waals surface area contributed by atoms with Crippen molar-refractivity contribution < 1.29 is 13.3 Å². The highest BCUT2D eigenvalue weighted by atomic mass is 35.5. The third-order valence-electron chi connectivity index (χ3n) is 2.55. The summed E-state index contributed by atoms with van der Waals surface area (Å²) in [5, 5.41) is 10.7. The van der Waals surface area contributed by atoms with Gasteiger partial charge in [-0.05, 0) is 17.7 Å². The van der Waals surface area contributed by atoms with Crippen LogP contribution in [0.15, 0.2) is 34.5 Å². The van der Waals surface area contributed by atoms with E-state index < -0.39 is 20.6 Å². The molecule has 0 unspecified atom stereocenters. The van der Waals surface area contributed by atoms with E-state index in [1.165, 1.54) is 0 Å². The lowest BCUT2D eigenvalue weighted by Crippen LogP contribution is -2.22. The van der Waals surface area contributed by atoms with E-state index in [9.17, 15) is 18.5 Å². The standard InChI is InChI=1S/C11H10ClN3O4S2/c12-11-9(15(16)17)5-10(20-11)21(18,19)14-6-7-1-3-8(13)4-2-7/h1-5,14H,6,13H2. The second-order valence-electron chi connectivity index (χ2n) is 4.05. The van der Waals surface area contributed by atoms with Crippen molar-refractivity contribution in [3.63, 3.8) is 0 Å². The van der Waals surface area contributed by atoms with Crippen molar-refractivity contribution >= 4 is 44.3 Å². The molecule has 21 heavy (non-hydrogen) atoms. The molecule has 7 nitrogen and oxygen atoms in total. The van der Waals surface area contributed by atoms with Crippen molar-refractivity contribution in [2.75, 3.05) is 5.73 Å². The minimum atomic E-state index is -3.86. The molecule has 0 fully saturated rings. The van der Waals surface area contributed by atoms with Crippen LogP contribution in [0.25, 0.3) is 0 Å². The van der Waals surface area contributed by atoms with Crippen LogP contribution < -0.4 is 10.5 Å². The lowest BCUT2D eigenvalue weighted by Gasteiger charge is -2.04. The quantitative estimate of drug-likeness (QED) is 0.489. The number of anilines is 1. The van der Waals surface area contributed by atoms with Gasteiger partial charge >= 0.3 is 0 Å². The van der Waals surface area contributed by atoms with E-state index in [4.69, 9.17) is 17.3 Å². The van der Waals surface area contributed by atoms with Gasteiger partial charge in [0, 0.05) is 18.3 Å². The molecule has 0 bridgehead atoms. The Balaban J connectivity index is 2.17. The fraction of sp³-hybridized carbons (Fsp3) is 0.0909. The van der Waals surface area contributed by atoms with Gasteiger partial charge in [0.1, 0.15) is 4.21 Å². The van der Waals surface area contributed by atoms with Gasteiger partial charge in [-0.2, -0.15) is 0 Å². The topological polar surface area (TPSA) is 115 Å². The van der Waals surface area contributed by atoms with Crippen LogP contribution in [0.3, 0.4) is 0 Å². The fourth-order valence-electron chi connectivity index (χ4n) is 1.48. The van der Waals surface area contributed by atoms with Gasteiger partial charge in [-0.1, -0.05) is 23.7 Å². The monoisotopic (exact) mass is 347 g/mol. The Kier molecular flexibility index (Phi) is 4.47. The number of nitrogens with zero attached hydrogens (tertiary/aromatic N) is 1. The summed E-state index contributed by atoms with van der Waals surface area (Å²) < 4.78 is 26.1. The first-order valence-electron chi connectivity index (χ1n) is 5.57. The molecule has 0 aliphatic rings. The molecule has 0 aliphatic heterocycles. The second kappa shape index (κ2) is 5.98. The number of rotatable bonds is 5. The number of thiophene rings is 1. The maximum atomic E-state index is 12.1. The van der Waals surface area contributed by atoms with Gasteiger partial charge < -0.3 is 5.73 Å². The summed E-state index contributed by atoms with van der Waals surface area (Å²) in [5.74, 6) is 0. The molecule has 1 heterocycles. The number of benzene rings is 1. The Labute approximate surface area is 129 Å².